The Kier molecular flexibility index (Phi) is 7.30. The van der Waals surface area contributed by atoms with Crippen molar-refractivity contribution in [2.24, 2.45) is 0 Å². The van der Waals surface area contributed by atoms with E-state index in [-0.39, 0.29) is 12.1 Å². The zero-order chi connectivity index (χ0) is 14.1. The normalized spacial score (nSPS) is 13.9. The van der Waals surface area contributed by atoms with Crippen LogP contribution in [-0.4, -0.2) is 37.0 Å². The molecule has 0 aromatic heterocycles. The van der Waals surface area contributed by atoms with Crippen LogP contribution in [0.1, 0.15) is 27.2 Å². The second kappa shape index (κ2) is 8.77. The highest BCUT2D eigenvalue weighted by Gasteiger charge is 2.06. The number of nitrogens with one attached hydrogen (secondary N) is 1. The van der Waals surface area contributed by atoms with Crippen molar-refractivity contribution in [1.82, 2.24) is 5.32 Å². The third kappa shape index (κ3) is 6.45. The molecule has 2 atom stereocenters. The second-order valence-corrected chi connectivity index (χ2v) is 4.67. The molecule has 4 heteroatoms. The van der Waals surface area contributed by atoms with Crippen LogP contribution in [0.3, 0.4) is 0 Å². The van der Waals surface area contributed by atoms with Gasteiger partial charge in [-0.25, -0.2) is 0 Å². The summed E-state index contributed by atoms with van der Waals surface area (Å²) in [6.07, 6.45) is 0.470. The largest absolute Gasteiger partial charge is 0.490 e. The van der Waals surface area contributed by atoms with Crippen molar-refractivity contribution in [2.45, 2.75) is 39.3 Å². The van der Waals surface area contributed by atoms with Gasteiger partial charge in [0, 0.05) is 12.6 Å². The molecule has 0 spiro atoms. The molecule has 2 N–H and O–H groups in total. The summed E-state index contributed by atoms with van der Waals surface area (Å²) in [5, 5.41) is 12.6. The standard InChI is InChI=1S/C15H25NO3/c1-4-18-14-7-5-6-8-15(14)19-10-9-16-12(2)11-13(3)17/h5-8,12-13,16-17H,4,9-11H2,1-3H3. The minimum Gasteiger partial charge on any atom is -0.490 e. The monoisotopic (exact) mass is 267 g/mol. The quantitative estimate of drug-likeness (QED) is 0.674. The van der Waals surface area contributed by atoms with Crippen molar-refractivity contribution >= 4 is 0 Å². The number of benzene rings is 1. The van der Waals surface area contributed by atoms with Crippen molar-refractivity contribution in [3.8, 4) is 11.5 Å². The van der Waals surface area contributed by atoms with Gasteiger partial charge in [-0.15, -0.1) is 0 Å². The molecule has 0 saturated heterocycles. The average molecular weight is 267 g/mol. The first-order valence-corrected chi connectivity index (χ1v) is 6.89. The lowest BCUT2D eigenvalue weighted by atomic mass is 10.1. The minimum absolute atomic E-state index is 0.276. The lowest BCUT2D eigenvalue weighted by Gasteiger charge is -2.16. The molecule has 0 fully saturated rings. The van der Waals surface area contributed by atoms with Crippen LogP contribution in [0.5, 0.6) is 11.5 Å². The third-order valence-corrected chi connectivity index (χ3v) is 2.70. The predicted molar refractivity (Wildman–Crippen MR) is 76.9 cm³/mol. The maximum Gasteiger partial charge on any atom is 0.161 e. The van der Waals surface area contributed by atoms with Crippen LogP contribution in [0.25, 0.3) is 0 Å². The Hall–Kier alpha value is -1.26. The molecule has 1 rings (SSSR count). The predicted octanol–water partition coefficient (Wildman–Crippen LogP) is 2.21. The van der Waals surface area contributed by atoms with Crippen LogP contribution in [0.2, 0.25) is 0 Å². The Morgan fingerprint density at radius 2 is 1.79 bits per heavy atom. The van der Waals surface area contributed by atoms with E-state index in [2.05, 4.69) is 12.2 Å². The molecule has 0 heterocycles. The molecule has 0 saturated carbocycles. The molecule has 1 aromatic carbocycles. The summed E-state index contributed by atoms with van der Waals surface area (Å²) >= 11 is 0. The van der Waals surface area contributed by atoms with Crippen molar-refractivity contribution in [2.75, 3.05) is 19.8 Å². The number of aliphatic hydroxyl groups is 1. The Morgan fingerprint density at radius 1 is 1.16 bits per heavy atom. The van der Waals surface area contributed by atoms with Gasteiger partial charge in [0.25, 0.3) is 0 Å². The van der Waals surface area contributed by atoms with Crippen LogP contribution in [0.15, 0.2) is 24.3 Å². The summed E-state index contributed by atoms with van der Waals surface area (Å²) in [5.74, 6) is 1.55. The van der Waals surface area contributed by atoms with Crippen LogP contribution in [0.4, 0.5) is 0 Å². The van der Waals surface area contributed by atoms with E-state index in [1.807, 2.05) is 31.2 Å². The van der Waals surface area contributed by atoms with Gasteiger partial charge in [0.2, 0.25) is 0 Å². The molecular formula is C15H25NO3. The molecule has 19 heavy (non-hydrogen) atoms. The first-order chi connectivity index (χ1) is 9.13. The number of aliphatic hydroxyl groups excluding tert-OH is 1. The molecule has 0 aliphatic heterocycles. The number of ether oxygens (including phenoxy) is 2. The molecule has 4 nitrogen and oxygen atoms in total. The lowest BCUT2D eigenvalue weighted by Crippen LogP contribution is -2.32. The van der Waals surface area contributed by atoms with Gasteiger partial charge >= 0.3 is 0 Å². The summed E-state index contributed by atoms with van der Waals surface area (Å²) in [7, 11) is 0. The minimum atomic E-state index is -0.276. The van der Waals surface area contributed by atoms with Crippen molar-refractivity contribution in [1.29, 1.82) is 0 Å². The van der Waals surface area contributed by atoms with E-state index in [9.17, 15) is 5.11 Å². The van der Waals surface area contributed by atoms with Gasteiger partial charge in [0.05, 0.1) is 12.7 Å². The fourth-order valence-electron chi connectivity index (χ4n) is 1.91. The Balaban J connectivity index is 2.29. The van der Waals surface area contributed by atoms with E-state index < -0.39 is 0 Å². The molecule has 0 radical (unpaired) electrons. The van der Waals surface area contributed by atoms with Gasteiger partial charge in [0.1, 0.15) is 6.61 Å². The Bertz CT molecular complexity index is 355. The molecule has 1 aromatic rings. The molecule has 0 aliphatic carbocycles. The van der Waals surface area contributed by atoms with Gasteiger partial charge in [-0.3, -0.25) is 0 Å². The van der Waals surface area contributed by atoms with Crippen LogP contribution in [0, 0.1) is 0 Å². The number of hydrogen-bond donors (Lipinski definition) is 2. The topological polar surface area (TPSA) is 50.7 Å². The summed E-state index contributed by atoms with van der Waals surface area (Å²) in [6.45, 7) is 7.76. The maximum absolute atomic E-state index is 9.26. The SMILES string of the molecule is CCOc1ccccc1OCCNC(C)CC(C)O. The summed E-state index contributed by atoms with van der Waals surface area (Å²) in [5.41, 5.74) is 0. The van der Waals surface area contributed by atoms with E-state index in [4.69, 9.17) is 9.47 Å². The second-order valence-electron chi connectivity index (χ2n) is 4.67. The summed E-state index contributed by atoms with van der Waals surface area (Å²) in [4.78, 5) is 0. The number of rotatable bonds is 9. The molecule has 0 bridgehead atoms. The van der Waals surface area contributed by atoms with E-state index in [0.29, 0.717) is 13.2 Å². The van der Waals surface area contributed by atoms with Crippen molar-refractivity contribution in [3.05, 3.63) is 24.3 Å². The maximum atomic E-state index is 9.26. The highest BCUT2D eigenvalue weighted by atomic mass is 16.5. The summed E-state index contributed by atoms with van der Waals surface area (Å²) in [6, 6.07) is 7.96. The first-order valence-electron chi connectivity index (χ1n) is 6.89. The van der Waals surface area contributed by atoms with E-state index >= 15 is 0 Å². The lowest BCUT2D eigenvalue weighted by molar-refractivity contribution is 0.169. The Labute approximate surface area is 115 Å². The van der Waals surface area contributed by atoms with Gasteiger partial charge in [-0.2, -0.15) is 0 Å². The fourth-order valence-corrected chi connectivity index (χ4v) is 1.91. The fraction of sp³-hybridized carbons (Fsp3) is 0.600. The van der Waals surface area contributed by atoms with Gasteiger partial charge in [-0.05, 0) is 39.3 Å². The zero-order valence-corrected chi connectivity index (χ0v) is 12.1. The smallest absolute Gasteiger partial charge is 0.161 e. The molecule has 108 valence electrons. The van der Waals surface area contributed by atoms with Crippen molar-refractivity contribution in [3.63, 3.8) is 0 Å². The van der Waals surface area contributed by atoms with E-state index in [1.54, 1.807) is 6.92 Å². The summed E-state index contributed by atoms with van der Waals surface area (Å²) < 4.78 is 11.2. The van der Waals surface area contributed by atoms with Gasteiger partial charge in [-0.1, -0.05) is 12.1 Å². The molecular weight excluding hydrogens is 242 g/mol. The van der Waals surface area contributed by atoms with Gasteiger partial charge < -0.3 is 19.9 Å². The van der Waals surface area contributed by atoms with Crippen LogP contribution < -0.4 is 14.8 Å². The van der Waals surface area contributed by atoms with Crippen LogP contribution >= 0.6 is 0 Å². The highest BCUT2D eigenvalue weighted by molar-refractivity contribution is 5.39. The number of para-hydroxylation sites is 2. The van der Waals surface area contributed by atoms with Gasteiger partial charge in [0.15, 0.2) is 11.5 Å². The molecule has 0 aliphatic rings. The third-order valence-electron chi connectivity index (χ3n) is 2.70. The highest BCUT2D eigenvalue weighted by Crippen LogP contribution is 2.25. The van der Waals surface area contributed by atoms with E-state index in [0.717, 1.165) is 24.5 Å². The molecule has 0 amide bonds. The first kappa shape index (κ1) is 15.8. The average Bonchev–Trinajstić information content (AvgIpc) is 2.36. The Morgan fingerprint density at radius 3 is 2.37 bits per heavy atom. The van der Waals surface area contributed by atoms with Crippen molar-refractivity contribution < 1.29 is 14.6 Å². The number of hydrogen-bond acceptors (Lipinski definition) is 4. The van der Waals surface area contributed by atoms with Crippen LogP contribution in [-0.2, 0) is 0 Å². The molecule has 2 unspecified atom stereocenters. The van der Waals surface area contributed by atoms with E-state index in [1.165, 1.54) is 0 Å². The zero-order valence-electron chi connectivity index (χ0n) is 12.1.